The number of nitrogens with zero attached hydrogens (tertiary/aromatic N) is 6. The fraction of sp³-hybridized carbons (Fsp3) is 0.0248. The van der Waals surface area contributed by atoms with Gasteiger partial charge in [-0.1, -0.05) is 354 Å². The minimum atomic E-state index is -0.0802. The van der Waals surface area contributed by atoms with Crippen molar-refractivity contribution in [1.29, 1.82) is 0 Å². The SMILES string of the molecule is CC1(C)c2ccccc2-c2ccc(-c3nc(-c4cccc(-c5ccc6ccc7c8ccccc8sc7c6c5)c4)nc4ccccc34)cc21.c1ccc(-c2nc(-c3cccc(-c4ccc5ccc6c7ccccc7oc6c5c4)c3)nc3ccccc23)cc1.c1ccc(-c2nc(-c3cccc(-c4ccc5ccc6c7ccccc7sc6c5c4)c3)nc3c2ccc2ccccc23)cc1. The van der Waals surface area contributed by atoms with Gasteiger partial charge in [-0.3, -0.25) is 0 Å². The van der Waals surface area contributed by atoms with Crippen LogP contribution in [0.2, 0.25) is 0 Å². The second-order valence-corrected chi connectivity index (χ2v) is 36.3. The van der Waals surface area contributed by atoms with Gasteiger partial charge in [-0.15, -0.1) is 22.7 Å². The van der Waals surface area contributed by atoms with Crippen LogP contribution >= 0.6 is 22.7 Å². The summed E-state index contributed by atoms with van der Waals surface area (Å²) in [6, 6.07) is 151. The number of rotatable bonds is 9. The first kappa shape index (κ1) is 76.2. The summed E-state index contributed by atoms with van der Waals surface area (Å²) in [6.45, 7) is 4.66. The maximum Gasteiger partial charge on any atom is 0.160 e. The first-order valence-corrected chi connectivity index (χ1v) is 45.7. The van der Waals surface area contributed by atoms with Gasteiger partial charge in [-0.25, -0.2) is 29.9 Å². The van der Waals surface area contributed by atoms with Crippen molar-refractivity contribution in [3.05, 3.63) is 436 Å². The molecule has 1 aliphatic rings. The highest BCUT2D eigenvalue weighted by molar-refractivity contribution is 7.27. The molecule has 608 valence electrons. The Morgan fingerprint density at radius 2 is 0.592 bits per heavy atom. The lowest BCUT2D eigenvalue weighted by Gasteiger charge is -2.22. The van der Waals surface area contributed by atoms with E-state index in [1.807, 2.05) is 71.2 Å². The van der Waals surface area contributed by atoms with E-state index >= 15 is 0 Å². The highest BCUT2D eigenvalue weighted by Crippen LogP contribution is 2.51. The third-order valence-corrected chi connectivity index (χ3v) is 28.6. The summed E-state index contributed by atoms with van der Waals surface area (Å²) in [5, 5.41) is 20.5. The molecule has 9 heteroatoms. The Labute approximate surface area is 756 Å². The molecular weight excluding hydrogens is 1620 g/mol. The largest absolute Gasteiger partial charge is 0.455 e. The van der Waals surface area contributed by atoms with Gasteiger partial charge in [0.2, 0.25) is 0 Å². The molecule has 1 aliphatic carbocycles. The third-order valence-electron chi connectivity index (χ3n) is 26.2. The van der Waals surface area contributed by atoms with Crippen LogP contribution in [0.5, 0.6) is 0 Å². The van der Waals surface area contributed by atoms with Crippen molar-refractivity contribution < 1.29 is 4.42 Å². The number of para-hydroxylation sites is 3. The number of fused-ring (bicyclic) bond motifs is 23. The lowest BCUT2D eigenvalue weighted by atomic mass is 9.82. The molecule has 20 aromatic carbocycles. The highest BCUT2D eigenvalue weighted by atomic mass is 32.1. The standard InChI is InChI=1S/C45H30N2S.C40H24N2S.C36H22N2O/c1-45(2)38-15-6-3-12-32(38)33-22-21-30(26-39(33)45)42-36-14-4-7-16-40(36)46-44(47-42)31-11-9-10-28(24-31)29-19-18-27-20-23-35-34-13-5-8-17-41(34)48-43(35)37(27)25-29;1-2-10-27(11-3-1)37-34-22-20-25-9-4-5-14-31(25)38(34)42-40(41-37)30-13-8-12-28(23-30)29-18-17-26-19-21-33-32-15-6-7-16-36(32)43-39(33)35(26)24-29;1-2-9-24(10-3-1)34-30-14-4-6-15-32(30)37-36(38-34)27-12-8-11-25(21-27)26-18-17-23-19-20-29-28-13-5-7-16-33(28)39-35(29)31(23)22-26/h3-26H,1-2H3;1-24H;1-22H. The molecule has 27 rings (SSSR count). The molecule has 6 heterocycles. The van der Waals surface area contributed by atoms with Gasteiger partial charge in [0.1, 0.15) is 11.2 Å². The third kappa shape index (κ3) is 13.1. The van der Waals surface area contributed by atoms with Crippen molar-refractivity contribution >= 4 is 161 Å². The molecule has 26 aromatic rings. The van der Waals surface area contributed by atoms with E-state index in [0.29, 0.717) is 0 Å². The van der Waals surface area contributed by atoms with Gasteiger partial charge in [0, 0.05) is 128 Å². The Bertz CT molecular complexity index is 9130. The summed E-state index contributed by atoms with van der Waals surface area (Å²) in [5.41, 5.74) is 26.1. The first-order chi connectivity index (χ1) is 64.1. The van der Waals surface area contributed by atoms with Gasteiger partial charge >= 0.3 is 0 Å². The second kappa shape index (κ2) is 31.1. The van der Waals surface area contributed by atoms with Crippen LogP contribution in [-0.4, -0.2) is 29.9 Å². The molecule has 0 bridgehead atoms. The Morgan fingerprint density at radius 3 is 1.15 bits per heavy atom. The molecular formula is C121H76N6OS2. The van der Waals surface area contributed by atoms with E-state index in [2.05, 4.69) is 390 Å². The smallest absolute Gasteiger partial charge is 0.160 e. The van der Waals surface area contributed by atoms with Crippen LogP contribution in [0.4, 0.5) is 0 Å². The highest BCUT2D eigenvalue weighted by Gasteiger charge is 2.36. The second-order valence-electron chi connectivity index (χ2n) is 34.2. The van der Waals surface area contributed by atoms with Crippen molar-refractivity contribution in [3.63, 3.8) is 0 Å². The number of hydrogen-bond acceptors (Lipinski definition) is 9. The minimum absolute atomic E-state index is 0.0802. The molecule has 0 fully saturated rings. The van der Waals surface area contributed by atoms with E-state index in [4.69, 9.17) is 34.3 Å². The predicted molar refractivity (Wildman–Crippen MR) is 548 cm³/mol. The summed E-state index contributed by atoms with van der Waals surface area (Å²) < 4.78 is 11.7. The lowest BCUT2D eigenvalue weighted by molar-refractivity contribution is 0.660. The Hall–Kier alpha value is -16.3. The van der Waals surface area contributed by atoms with Crippen LogP contribution in [0.15, 0.2) is 429 Å². The Kier molecular flexibility index (Phi) is 18.2. The molecule has 0 aliphatic heterocycles. The van der Waals surface area contributed by atoms with Gasteiger partial charge in [0.05, 0.1) is 33.6 Å². The van der Waals surface area contributed by atoms with Crippen LogP contribution in [0.1, 0.15) is 25.0 Å². The Morgan fingerprint density at radius 1 is 0.215 bits per heavy atom. The van der Waals surface area contributed by atoms with Crippen LogP contribution in [0, 0.1) is 0 Å². The maximum atomic E-state index is 6.33. The molecule has 130 heavy (non-hydrogen) atoms. The number of thiophene rings is 2. The normalized spacial score (nSPS) is 12.3. The monoisotopic (exact) mass is 1690 g/mol. The molecule has 0 unspecified atom stereocenters. The maximum absolute atomic E-state index is 6.33. The number of hydrogen-bond donors (Lipinski definition) is 0. The van der Waals surface area contributed by atoms with Crippen LogP contribution in [0.25, 0.3) is 251 Å². The summed E-state index contributed by atoms with van der Waals surface area (Å²) in [5.74, 6) is 2.19. The molecule has 0 N–H and O–H groups in total. The lowest BCUT2D eigenvalue weighted by Crippen LogP contribution is -2.14. The first-order valence-electron chi connectivity index (χ1n) is 44.1. The number of furan rings is 1. The number of benzene rings is 20. The van der Waals surface area contributed by atoms with E-state index in [9.17, 15) is 0 Å². The predicted octanol–water partition coefficient (Wildman–Crippen LogP) is 33.4. The summed E-state index contributed by atoms with van der Waals surface area (Å²) in [6.07, 6.45) is 0. The summed E-state index contributed by atoms with van der Waals surface area (Å²) in [7, 11) is 0. The van der Waals surface area contributed by atoms with Gasteiger partial charge in [0.25, 0.3) is 0 Å². The van der Waals surface area contributed by atoms with E-state index < -0.39 is 0 Å². The number of aromatic nitrogens is 6. The zero-order valence-corrected chi connectivity index (χ0v) is 72.5. The molecule has 7 nitrogen and oxygen atoms in total. The van der Waals surface area contributed by atoms with E-state index in [-0.39, 0.29) is 5.41 Å². The van der Waals surface area contributed by atoms with Gasteiger partial charge in [-0.2, -0.15) is 0 Å². The zero-order chi connectivity index (χ0) is 86.1. The van der Waals surface area contributed by atoms with Crippen molar-refractivity contribution in [3.8, 4) is 112 Å². The van der Waals surface area contributed by atoms with Crippen molar-refractivity contribution in [2.24, 2.45) is 0 Å². The zero-order valence-electron chi connectivity index (χ0n) is 70.8. The van der Waals surface area contributed by atoms with Gasteiger partial charge in [0.15, 0.2) is 17.5 Å². The van der Waals surface area contributed by atoms with Crippen LogP contribution in [0.3, 0.4) is 0 Å². The average molecular weight is 1690 g/mol. The summed E-state index contributed by atoms with van der Waals surface area (Å²) >= 11 is 3.76. The molecule has 0 spiro atoms. The fourth-order valence-electron chi connectivity index (χ4n) is 19.7. The van der Waals surface area contributed by atoms with Crippen molar-refractivity contribution in [1.82, 2.24) is 29.9 Å². The topological polar surface area (TPSA) is 90.5 Å². The molecule has 6 aromatic heterocycles. The Balaban J connectivity index is 0.000000106. The average Bonchev–Trinajstić information content (AvgIpc) is 1.08. The molecule has 0 saturated carbocycles. The fourth-order valence-corrected chi connectivity index (χ4v) is 22.1. The molecule has 0 radical (unpaired) electrons. The van der Waals surface area contributed by atoms with E-state index in [1.165, 1.54) is 101 Å². The molecule has 0 saturated heterocycles. The summed E-state index contributed by atoms with van der Waals surface area (Å²) in [4.78, 5) is 30.8. The van der Waals surface area contributed by atoms with Crippen LogP contribution in [-0.2, 0) is 5.41 Å². The van der Waals surface area contributed by atoms with Crippen LogP contribution < -0.4 is 0 Å². The van der Waals surface area contributed by atoms with E-state index in [0.717, 1.165) is 161 Å². The van der Waals surface area contributed by atoms with Gasteiger partial charge in [-0.05, 0) is 162 Å². The van der Waals surface area contributed by atoms with Crippen molar-refractivity contribution in [2.75, 3.05) is 0 Å². The molecule has 0 amide bonds. The molecule has 0 atom stereocenters. The van der Waals surface area contributed by atoms with Gasteiger partial charge < -0.3 is 4.42 Å². The minimum Gasteiger partial charge on any atom is -0.455 e. The quantitative estimate of drug-likeness (QED) is 0.133. The van der Waals surface area contributed by atoms with E-state index in [1.54, 1.807) is 0 Å². The van der Waals surface area contributed by atoms with Crippen molar-refractivity contribution in [2.45, 2.75) is 19.3 Å².